The molecule has 7 nitrogen and oxygen atoms in total. The number of aliphatic imine (C=N–C) groups is 1. The minimum absolute atomic E-state index is 0.249. The number of nitrogen functional groups attached to an aromatic ring is 1. The molecule has 2 heterocycles. The lowest BCUT2D eigenvalue weighted by molar-refractivity contribution is 0.226. The number of allylic oxidation sites excluding steroid dienone is 1. The summed E-state index contributed by atoms with van der Waals surface area (Å²) in [6.07, 6.45) is 1.63. The molecule has 0 radical (unpaired) electrons. The summed E-state index contributed by atoms with van der Waals surface area (Å²) in [7, 11) is 1.72. The van der Waals surface area contributed by atoms with Crippen LogP contribution in [0, 0.1) is 5.82 Å². The Kier molecular flexibility index (Phi) is 7.15. The van der Waals surface area contributed by atoms with E-state index >= 15 is 0 Å². The molecule has 0 saturated heterocycles. The van der Waals surface area contributed by atoms with E-state index in [2.05, 4.69) is 15.3 Å². The molecule has 1 aromatic carbocycles. The molecule has 7 N–H and O–H groups in total. The molecule has 0 fully saturated rings. The summed E-state index contributed by atoms with van der Waals surface area (Å²) in [5.41, 5.74) is 25.0. The number of aromatic nitrogens is 1. The first-order valence-corrected chi connectivity index (χ1v) is 10.6. The minimum Gasteiger partial charge on any atom is -0.482 e. The summed E-state index contributed by atoms with van der Waals surface area (Å²) >= 11 is 0. The van der Waals surface area contributed by atoms with Gasteiger partial charge in [-0.25, -0.2) is 9.37 Å². The zero-order valence-corrected chi connectivity index (χ0v) is 19.0. The van der Waals surface area contributed by atoms with Crippen LogP contribution in [0.5, 0.6) is 5.75 Å². The molecule has 0 aliphatic carbocycles. The molecule has 1 atom stereocenters. The maximum atomic E-state index is 14.2. The SMILES string of the molecule is CCN/C1=C(\CN)CC(C(C)=NC)=C(N)c2ccc(F)cc2C(C)Oc2cc1cnc2N. The van der Waals surface area contributed by atoms with Gasteiger partial charge >= 0.3 is 0 Å². The van der Waals surface area contributed by atoms with E-state index in [1.54, 1.807) is 19.3 Å². The van der Waals surface area contributed by atoms with Crippen molar-refractivity contribution in [3.8, 4) is 5.75 Å². The van der Waals surface area contributed by atoms with Gasteiger partial charge in [0.25, 0.3) is 0 Å². The van der Waals surface area contributed by atoms with Crippen LogP contribution in [0.4, 0.5) is 10.2 Å². The smallest absolute Gasteiger partial charge is 0.166 e. The number of anilines is 1. The Hall–Kier alpha value is -3.39. The number of hydrogen-bond donors (Lipinski definition) is 4. The summed E-state index contributed by atoms with van der Waals surface area (Å²) < 4.78 is 20.4. The van der Waals surface area contributed by atoms with Gasteiger partial charge in [-0.05, 0) is 50.6 Å². The van der Waals surface area contributed by atoms with Crippen LogP contribution in [-0.4, -0.2) is 30.8 Å². The van der Waals surface area contributed by atoms with Crippen LogP contribution in [0.3, 0.4) is 0 Å². The predicted octanol–water partition coefficient (Wildman–Crippen LogP) is 3.39. The number of pyridine rings is 1. The van der Waals surface area contributed by atoms with Gasteiger partial charge in [-0.1, -0.05) is 0 Å². The molecule has 3 rings (SSSR count). The van der Waals surface area contributed by atoms with Gasteiger partial charge in [0.2, 0.25) is 0 Å². The van der Waals surface area contributed by atoms with Gasteiger partial charge in [-0.2, -0.15) is 0 Å². The topological polar surface area (TPSA) is 125 Å². The highest BCUT2D eigenvalue weighted by Crippen LogP contribution is 2.35. The van der Waals surface area contributed by atoms with Crippen LogP contribution >= 0.6 is 0 Å². The molecular formula is C24H31FN6O. The molecule has 1 aliphatic heterocycles. The number of rotatable bonds is 4. The summed E-state index contributed by atoms with van der Waals surface area (Å²) in [4.78, 5) is 8.70. The Morgan fingerprint density at radius 2 is 2.06 bits per heavy atom. The monoisotopic (exact) mass is 438 g/mol. The van der Waals surface area contributed by atoms with Crippen molar-refractivity contribution in [1.29, 1.82) is 0 Å². The van der Waals surface area contributed by atoms with E-state index in [9.17, 15) is 4.39 Å². The zero-order valence-electron chi connectivity index (χ0n) is 19.0. The first kappa shape index (κ1) is 23.3. The number of nitrogens with zero attached hydrogens (tertiary/aromatic N) is 2. The summed E-state index contributed by atoms with van der Waals surface area (Å²) in [6.45, 7) is 6.73. The van der Waals surface area contributed by atoms with Crippen LogP contribution in [0.2, 0.25) is 0 Å². The second-order valence-corrected chi connectivity index (χ2v) is 7.69. The maximum absolute atomic E-state index is 14.2. The van der Waals surface area contributed by atoms with Crippen molar-refractivity contribution >= 4 is 22.9 Å². The predicted molar refractivity (Wildman–Crippen MR) is 129 cm³/mol. The Balaban J connectivity index is 2.39. The average Bonchev–Trinajstić information content (AvgIpc) is 2.78. The molecule has 0 spiro atoms. The number of fused-ring (bicyclic) bond motifs is 3. The number of halogens is 1. The van der Waals surface area contributed by atoms with E-state index in [1.165, 1.54) is 12.1 Å². The fourth-order valence-corrected chi connectivity index (χ4v) is 3.85. The molecule has 1 aliphatic rings. The first-order valence-electron chi connectivity index (χ1n) is 10.6. The van der Waals surface area contributed by atoms with Crippen LogP contribution in [0.15, 0.2) is 46.6 Å². The molecule has 1 aromatic heterocycles. The Labute approximate surface area is 188 Å². The summed E-state index contributed by atoms with van der Waals surface area (Å²) in [5, 5.41) is 3.41. The van der Waals surface area contributed by atoms with Gasteiger partial charge in [0.05, 0.1) is 0 Å². The van der Waals surface area contributed by atoms with Crippen molar-refractivity contribution in [3.63, 3.8) is 0 Å². The number of ether oxygens (including phenoxy) is 1. The highest BCUT2D eigenvalue weighted by atomic mass is 19.1. The third-order valence-corrected chi connectivity index (χ3v) is 5.66. The van der Waals surface area contributed by atoms with Gasteiger partial charge < -0.3 is 27.3 Å². The van der Waals surface area contributed by atoms with Crippen molar-refractivity contribution in [2.45, 2.75) is 33.3 Å². The number of hydrogen-bond acceptors (Lipinski definition) is 7. The van der Waals surface area contributed by atoms with Gasteiger partial charge in [0.15, 0.2) is 11.6 Å². The summed E-state index contributed by atoms with van der Waals surface area (Å²) in [5.74, 6) is 0.281. The van der Waals surface area contributed by atoms with Gasteiger partial charge in [-0.3, -0.25) is 4.99 Å². The molecule has 2 aromatic rings. The van der Waals surface area contributed by atoms with E-state index in [-0.39, 0.29) is 11.6 Å². The Morgan fingerprint density at radius 3 is 2.72 bits per heavy atom. The number of benzene rings is 1. The second kappa shape index (κ2) is 9.82. The molecular weight excluding hydrogens is 407 g/mol. The maximum Gasteiger partial charge on any atom is 0.166 e. The van der Waals surface area contributed by atoms with Crippen LogP contribution < -0.4 is 27.3 Å². The molecule has 170 valence electrons. The highest BCUT2D eigenvalue weighted by Gasteiger charge is 2.22. The fourth-order valence-electron chi connectivity index (χ4n) is 3.85. The summed E-state index contributed by atoms with van der Waals surface area (Å²) in [6, 6.07) is 6.33. The molecule has 32 heavy (non-hydrogen) atoms. The molecule has 8 heteroatoms. The first-order chi connectivity index (χ1) is 15.3. The molecule has 2 bridgehead atoms. The van der Waals surface area contributed by atoms with E-state index < -0.39 is 6.10 Å². The normalized spacial score (nSPS) is 19.6. The van der Waals surface area contributed by atoms with Crippen LogP contribution in [-0.2, 0) is 0 Å². The van der Waals surface area contributed by atoms with Crippen molar-refractivity contribution in [2.24, 2.45) is 16.5 Å². The Bertz CT molecular complexity index is 1110. The lowest BCUT2D eigenvalue weighted by Crippen LogP contribution is -2.21. The zero-order chi connectivity index (χ0) is 23.4. The second-order valence-electron chi connectivity index (χ2n) is 7.69. The molecule has 0 saturated carbocycles. The molecule has 0 amide bonds. The number of nitrogens with one attached hydrogen (secondary N) is 1. The molecule has 1 unspecified atom stereocenters. The largest absolute Gasteiger partial charge is 0.482 e. The number of nitrogens with two attached hydrogens (primary N) is 3. The minimum atomic E-state index is -0.529. The van der Waals surface area contributed by atoms with Crippen molar-refractivity contribution in [3.05, 3.63) is 64.1 Å². The third kappa shape index (κ3) is 4.60. The average molecular weight is 439 g/mol. The van der Waals surface area contributed by atoms with E-state index in [0.717, 1.165) is 28.1 Å². The lowest BCUT2D eigenvalue weighted by atomic mass is 9.91. The van der Waals surface area contributed by atoms with Gasteiger partial charge in [-0.15, -0.1) is 0 Å². The van der Waals surface area contributed by atoms with Crippen molar-refractivity contribution in [2.75, 3.05) is 25.9 Å². The van der Waals surface area contributed by atoms with E-state index in [4.69, 9.17) is 21.9 Å². The third-order valence-electron chi connectivity index (χ3n) is 5.66. The quantitative estimate of drug-likeness (QED) is 0.543. The van der Waals surface area contributed by atoms with Gasteiger partial charge in [0, 0.05) is 72.1 Å². The van der Waals surface area contributed by atoms with E-state index in [0.29, 0.717) is 42.1 Å². The lowest BCUT2D eigenvalue weighted by Gasteiger charge is -2.24. The Morgan fingerprint density at radius 1 is 1.31 bits per heavy atom. The highest BCUT2D eigenvalue weighted by molar-refractivity contribution is 6.05. The standard InChI is InChI=1S/C24H31FN6O/c1-5-30-23-15(11-26)8-19(13(2)29-4)22(27)18-7-6-17(25)10-20(18)14(3)32-21-9-16(23)12-31-24(21)28/h6-7,9-10,12,14,30H,5,8,11,26-27H2,1-4H3,(H2,28,31)/b22-19?,23-15-,29-13?. The van der Waals surface area contributed by atoms with Gasteiger partial charge in [0.1, 0.15) is 11.9 Å². The van der Waals surface area contributed by atoms with E-state index in [1.807, 2.05) is 26.8 Å². The van der Waals surface area contributed by atoms with Crippen molar-refractivity contribution < 1.29 is 9.13 Å². The van der Waals surface area contributed by atoms with Crippen molar-refractivity contribution in [1.82, 2.24) is 10.3 Å². The van der Waals surface area contributed by atoms with Crippen LogP contribution in [0.1, 0.15) is 50.0 Å². The fraction of sp³-hybridized carbons (Fsp3) is 0.333. The van der Waals surface area contributed by atoms with Crippen LogP contribution in [0.25, 0.3) is 11.4 Å².